The maximum atomic E-state index is 12.7. The molecule has 1 unspecified atom stereocenters. The summed E-state index contributed by atoms with van der Waals surface area (Å²) < 4.78 is 35.2. The van der Waals surface area contributed by atoms with Crippen LogP contribution in [0.1, 0.15) is 30.9 Å². The molecule has 25 heavy (non-hydrogen) atoms. The summed E-state index contributed by atoms with van der Waals surface area (Å²) in [5.74, 6) is 0.858. The van der Waals surface area contributed by atoms with Crippen molar-refractivity contribution < 1.29 is 22.5 Å². The van der Waals surface area contributed by atoms with Crippen molar-refractivity contribution >= 4 is 21.4 Å². The highest BCUT2D eigenvalue weighted by Gasteiger charge is 2.33. The Morgan fingerprint density at radius 3 is 2.60 bits per heavy atom. The molecule has 1 atom stereocenters. The van der Waals surface area contributed by atoms with Crippen LogP contribution in [0, 0.1) is 13.8 Å². The van der Waals surface area contributed by atoms with Gasteiger partial charge in [-0.15, -0.1) is 0 Å². The number of aryl methyl sites for hydroxylation is 2. The van der Waals surface area contributed by atoms with Gasteiger partial charge in [-0.05, 0) is 39.0 Å². The van der Waals surface area contributed by atoms with E-state index in [-0.39, 0.29) is 23.1 Å². The molecule has 1 aliphatic rings. The lowest BCUT2D eigenvalue weighted by molar-refractivity contribution is -0.125. The number of fused-ring (bicyclic) bond motifs is 1. The number of carbonyl (C=O) groups excluding carboxylic acids is 1. The number of hydrogen-bond donors (Lipinski definition) is 0. The summed E-state index contributed by atoms with van der Waals surface area (Å²) in [7, 11) is -3.39. The first-order chi connectivity index (χ1) is 11.7. The van der Waals surface area contributed by atoms with Gasteiger partial charge in [-0.25, -0.2) is 8.42 Å². The standard InChI is InChI=1S/C17H20N2O5S/c1-5-25(21,22)13-6-7-16-15(8-13)19(17(20)12(4)23-16)9-14-10(2)18-24-11(14)3/h6-8,12H,5,9H2,1-4H3. The Morgan fingerprint density at radius 2 is 2.00 bits per heavy atom. The van der Waals surface area contributed by atoms with Crippen molar-refractivity contribution in [2.24, 2.45) is 0 Å². The van der Waals surface area contributed by atoms with E-state index < -0.39 is 15.9 Å². The van der Waals surface area contributed by atoms with Crippen LogP contribution in [0.5, 0.6) is 5.75 Å². The molecule has 1 amide bonds. The molecule has 7 nitrogen and oxygen atoms in total. The van der Waals surface area contributed by atoms with Crippen LogP contribution in [0.4, 0.5) is 5.69 Å². The normalized spacial score (nSPS) is 17.4. The number of amides is 1. The predicted octanol–water partition coefficient (Wildman–Crippen LogP) is 2.40. The van der Waals surface area contributed by atoms with Crippen LogP contribution in [-0.2, 0) is 21.2 Å². The molecule has 0 spiro atoms. The predicted molar refractivity (Wildman–Crippen MR) is 91.4 cm³/mol. The second kappa shape index (κ2) is 6.18. The number of aromatic nitrogens is 1. The molecule has 1 aliphatic heterocycles. The topological polar surface area (TPSA) is 89.7 Å². The molecule has 3 rings (SSSR count). The minimum absolute atomic E-state index is 0.0130. The Labute approximate surface area is 146 Å². The number of hydrogen-bond acceptors (Lipinski definition) is 6. The Balaban J connectivity index is 2.10. The second-order valence-corrected chi connectivity index (χ2v) is 8.30. The molecule has 0 aliphatic carbocycles. The van der Waals surface area contributed by atoms with Crippen LogP contribution in [0.25, 0.3) is 0 Å². The number of anilines is 1. The lowest BCUT2D eigenvalue weighted by atomic mass is 10.1. The fraction of sp³-hybridized carbons (Fsp3) is 0.412. The van der Waals surface area contributed by atoms with E-state index in [1.54, 1.807) is 33.8 Å². The molecule has 0 saturated heterocycles. The average molecular weight is 364 g/mol. The number of nitrogens with zero attached hydrogens (tertiary/aromatic N) is 2. The Kier molecular flexibility index (Phi) is 4.32. The molecular weight excluding hydrogens is 344 g/mol. The zero-order chi connectivity index (χ0) is 18.4. The summed E-state index contributed by atoms with van der Waals surface area (Å²) in [5, 5.41) is 3.91. The van der Waals surface area contributed by atoms with Crippen LogP contribution in [0.3, 0.4) is 0 Å². The van der Waals surface area contributed by atoms with Gasteiger partial charge in [0.15, 0.2) is 15.9 Å². The summed E-state index contributed by atoms with van der Waals surface area (Å²) in [5.41, 5.74) is 1.94. The third kappa shape index (κ3) is 3.02. The molecule has 0 saturated carbocycles. The molecule has 0 N–H and O–H groups in total. The lowest BCUT2D eigenvalue weighted by Gasteiger charge is -2.33. The molecule has 0 radical (unpaired) electrons. The van der Waals surface area contributed by atoms with E-state index in [9.17, 15) is 13.2 Å². The molecule has 1 aromatic heterocycles. The molecule has 8 heteroatoms. The monoisotopic (exact) mass is 364 g/mol. The lowest BCUT2D eigenvalue weighted by Crippen LogP contribution is -2.44. The average Bonchev–Trinajstić information content (AvgIpc) is 2.90. The number of sulfone groups is 1. The third-order valence-electron chi connectivity index (χ3n) is 4.38. The van der Waals surface area contributed by atoms with E-state index in [1.165, 1.54) is 17.0 Å². The van der Waals surface area contributed by atoms with Crippen LogP contribution < -0.4 is 9.64 Å². The van der Waals surface area contributed by atoms with E-state index >= 15 is 0 Å². The number of rotatable bonds is 4. The van der Waals surface area contributed by atoms with Gasteiger partial charge >= 0.3 is 0 Å². The Bertz CT molecular complexity index is 913. The van der Waals surface area contributed by atoms with E-state index in [2.05, 4.69) is 5.16 Å². The van der Waals surface area contributed by atoms with Crippen molar-refractivity contribution in [3.63, 3.8) is 0 Å². The summed E-state index contributed by atoms with van der Waals surface area (Å²) in [6, 6.07) is 4.60. The first-order valence-corrected chi connectivity index (χ1v) is 9.66. The molecule has 2 aromatic rings. The number of benzene rings is 1. The van der Waals surface area contributed by atoms with Gasteiger partial charge in [0.2, 0.25) is 0 Å². The highest BCUT2D eigenvalue weighted by molar-refractivity contribution is 7.91. The molecule has 0 bridgehead atoms. The highest BCUT2D eigenvalue weighted by Crippen LogP contribution is 2.37. The summed E-state index contributed by atoms with van der Waals surface area (Å²) in [6.45, 7) is 7.08. The van der Waals surface area contributed by atoms with Crippen molar-refractivity contribution in [2.45, 2.75) is 45.2 Å². The van der Waals surface area contributed by atoms with E-state index in [1.807, 2.05) is 0 Å². The molecule has 0 fully saturated rings. The van der Waals surface area contributed by atoms with Crippen molar-refractivity contribution in [3.05, 3.63) is 35.2 Å². The molecule has 134 valence electrons. The third-order valence-corrected chi connectivity index (χ3v) is 6.11. The van der Waals surface area contributed by atoms with Crippen molar-refractivity contribution in [2.75, 3.05) is 10.7 Å². The zero-order valence-corrected chi connectivity index (χ0v) is 15.4. The minimum atomic E-state index is -3.39. The van der Waals surface area contributed by atoms with Gasteiger partial charge in [-0.2, -0.15) is 0 Å². The van der Waals surface area contributed by atoms with Gasteiger partial charge in [0.05, 0.1) is 28.6 Å². The number of carbonyl (C=O) groups is 1. The summed E-state index contributed by atoms with van der Waals surface area (Å²) >= 11 is 0. The van der Waals surface area contributed by atoms with E-state index in [0.29, 0.717) is 22.9 Å². The molecule has 2 heterocycles. The Morgan fingerprint density at radius 1 is 1.28 bits per heavy atom. The fourth-order valence-corrected chi connectivity index (χ4v) is 3.70. The van der Waals surface area contributed by atoms with Crippen LogP contribution in [-0.4, -0.2) is 31.3 Å². The van der Waals surface area contributed by atoms with Crippen molar-refractivity contribution in [1.82, 2.24) is 5.16 Å². The maximum absolute atomic E-state index is 12.7. The van der Waals surface area contributed by atoms with E-state index in [4.69, 9.17) is 9.26 Å². The minimum Gasteiger partial charge on any atom is -0.479 e. The van der Waals surface area contributed by atoms with E-state index in [0.717, 1.165) is 5.56 Å². The molecule has 1 aromatic carbocycles. The quantitative estimate of drug-likeness (QED) is 0.827. The van der Waals surface area contributed by atoms with Crippen LogP contribution >= 0.6 is 0 Å². The Hall–Kier alpha value is -2.35. The van der Waals surface area contributed by atoms with Crippen LogP contribution in [0.2, 0.25) is 0 Å². The maximum Gasteiger partial charge on any atom is 0.268 e. The van der Waals surface area contributed by atoms with Crippen molar-refractivity contribution in [3.8, 4) is 5.75 Å². The summed E-state index contributed by atoms with van der Waals surface area (Å²) in [6.07, 6.45) is -0.651. The largest absolute Gasteiger partial charge is 0.479 e. The second-order valence-electron chi connectivity index (χ2n) is 6.02. The highest BCUT2D eigenvalue weighted by atomic mass is 32.2. The van der Waals surface area contributed by atoms with Gasteiger partial charge in [0.1, 0.15) is 11.5 Å². The van der Waals surface area contributed by atoms with Gasteiger partial charge in [0.25, 0.3) is 5.91 Å². The van der Waals surface area contributed by atoms with Gasteiger partial charge in [0, 0.05) is 5.56 Å². The van der Waals surface area contributed by atoms with Crippen molar-refractivity contribution in [1.29, 1.82) is 0 Å². The SMILES string of the molecule is CCS(=O)(=O)c1ccc2c(c1)N(Cc1c(C)noc1C)C(=O)C(C)O2. The van der Waals surface area contributed by atoms with Gasteiger partial charge in [-0.1, -0.05) is 12.1 Å². The first-order valence-electron chi connectivity index (χ1n) is 8.01. The summed E-state index contributed by atoms with van der Waals surface area (Å²) in [4.78, 5) is 14.4. The van der Waals surface area contributed by atoms with Gasteiger partial charge in [-0.3, -0.25) is 4.79 Å². The first kappa shape index (κ1) is 17.5. The fourth-order valence-electron chi connectivity index (χ4n) is 2.80. The zero-order valence-electron chi connectivity index (χ0n) is 14.6. The van der Waals surface area contributed by atoms with Crippen LogP contribution in [0.15, 0.2) is 27.6 Å². The van der Waals surface area contributed by atoms with Gasteiger partial charge < -0.3 is 14.2 Å². The molecular formula is C17H20N2O5S. The smallest absolute Gasteiger partial charge is 0.268 e. The number of ether oxygens (including phenoxy) is 1.